The van der Waals surface area contributed by atoms with Gasteiger partial charge in [-0.3, -0.25) is 0 Å². The average molecular weight is 290 g/mol. The molecule has 0 fully saturated rings. The number of rotatable bonds is 3. The molecule has 5 heteroatoms. The lowest BCUT2D eigenvalue weighted by atomic mass is 10.0. The molecule has 106 valence electrons. The summed E-state index contributed by atoms with van der Waals surface area (Å²) in [6, 6.07) is 12.0. The Bertz CT molecular complexity index is 763. The lowest BCUT2D eigenvalue weighted by Crippen LogP contribution is -2.35. The molecule has 0 aromatic heterocycles. The molecule has 0 saturated heterocycles. The largest absolute Gasteiger partial charge is 0.301 e. The third-order valence-corrected chi connectivity index (χ3v) is 4.52. The highest BCUT2D eigenvalue weighted by Crippen LogP contribution is 2.46. The van der Waals surface area contributed by atoms with Gasteiger partial charge in [-0.2, -0.15) is 0 Å². The van der Waals surface area contributed by atoms with E-state index in [1.807, 2.05) is 32.3 Å². The summed E-state index contributed by atoms with van der Waals surface area (Å²) in [7, 11) is 0.692. The highest BCUT2D eigenvalue weighted by molar-refractivity contribution is 7.88. The second-order valence-electron chi connectivity index (χ2n) is 5.57. The number of hydrogen-bond donors (Lipinski definition) is 1. The van der Waals surface area contributed by atoms with Gasteiger partial charge in [0, 0.05) is 0 Å². The van der Waals surface area contributed by atoms with E-state index in [0.29, 0.717) is 0 Å². The van der Waals surface area contributed by atoms with Crippen molar-refractivity contribution >= 4 is 20.8 Å². The van der Waals surface area contributed by atoms with Crippen LogP contribution in [0.5, 0.6) is 0 Å². The van der Waals surface area contributed by atoms with E-state index >= 15 is 0 Å². The van der Waals surface area contributed by atoms with Crippen LogP contribution in [0.25, 0.3) is 10.8 Å². The Labute approximate surface area is 119 Å². The lowest BCUT2D eigenvalue weighted by Gasteiger charge is -2.28. The minimum absolute atomic E-state index is 0.0193. The van der Waals surface area contributed by atoms with Crippen LogP contribution in [0.15, 0.2) is 36.4 Å². The van der Waals surface area contributed by atoms with Crippen molar-refractivity contribution in [3.63, 3.8) is 0 Å². The standard InChI is InChI=1S/C15H18N2O2S/c1-17(2)15-12-9-5-7-10-6-4-8-11(13(10)12)14(15)16-20(3,18)19/h4-9,14-16H,1-3H3/t14-,15+/m1/s1. The van der Waals surface area contributed by atoms with Crippen LogP contribution in [0.1, 0.15) is 23.2 Å². The number of nitrogens with zero attached hydrogens (tertiary/aromatic N) is 1. The van der Waals surface area contributed by atoms with Crippen molar-refractivity contribution in [2.24, 2.45) is 0 Å². The fourth-order valence-electron chi connectivity index (χ4n) is 3.19. The van der Waals surface area contributed by atoms with E-state index < -0.39 is 10.0 Å². The number of sulfonamides is 1. The minimum atomic E-state index is -3.27. The van der Waals surface area contributed by atoms with E-state index in [9.17, 15) is 8.42 Å². The molecule has 0 bridgehead atoms. The Morgan fingerprint density at radius 1 is 1.05 bits per heavy atom. The first kappa shape index (κ1) is 13.5. The second-order valence-corrected chi connectivity index (χ2v) is 7.35. The molecule has 1 N–H and O–H groups in total. The summed E-state index contributed by atoms with van der Waals surface area (Å²) >= 11 is 0. The number of benzene rings is 2. The average Bonchev–Trinajstić information content (AvgIpc) is 2.64. The number of hydrogen-bond acceptors (Lipinski definition) is 3. The molecule has 1 aliphatic rings. The molecule has 4 nitrogen and oxygen atoms in total. The van der Waals surface area contributed by atoms with Crippen LogP contribution in [0.2, 0.25) is 0 Å². The molecule has 2 aromatic carbocycles. The molecule has 0 heterocycles. The second kappa shape index (κ2) is 4.55. The van der Waals surface area contributed by atoms with Crippen molar-refractivity contribution < 1.29 is 8.42 Å². The maximum Gasteiger partial charge on any atom is 0.209 e. The molecule has 0 aliphatic heterocycles. The summed E-state index contributed by atoms with van der Waals surface area (Å²) in [4.78, 5) is 2.07. The van der Waals surface area contributed by atoms with Crippen LogP contribution in [0.4, 0.5) is 0 Å². The van der Waals surface area contributed by atoms with E-state index in [0.717, 1.165) is 10.9 Å². The predicted molar refractivity (Wildman–Crippen MR) is 81.1 cm³/mol. The van der Waals surface area contributed by atoms with Gasteiger partial charge >= 0.3 is 0 Å². The maximum absolute atomic E-state index is 11.7. The first-order chi connectivity index (χ1) is 9.38. The van der Waals surface area contributed by atoms with Crippen LogP contribution in [0.3, 0.4) is 0 Å². The van der Waals surface area contributed by atoms with Crippen molar-refractivity contribution in [1.82, 2.24) is 9.62 Å². The summed E-state index contributed by atoms with van der Waals surface area (Å²) in [5.41, 5.74) is 2.24. The third-order valence-electron chi connectivity index (χ3n) is 3.84. The summed E-state index contributed by atoms with van der Waals surface area (Å²) in [6.45, 7) is 0. The zero-order chi connectivity index (χ0) is 14.5. The van der Waals surface area contributed by atoms with Crippen molar-refractivity contribution in [3.8, 4) is 0 Å². The molecule has 1 aliphatic carbocycles. The maximum atomic E-state index is 11.7. The van der Waals surface area contributed by atoms with Crippen LogP contribution >= 0.6 is 0 Å². The SMILES string of the molecule is CN(C)[C@H]1c2cccc3cccc(c23)[C@H]1NS(C)(=O)=O. The van der Waals surface area contributed by atoms with Gasteiger partial charge in [0.1, 0.15) is 0 Å². The first-order valence-electron chi connectivity index (χ1n) is 6.54. The minimum Gasteiger partial charge on any atom is -0.301 e. The molecule has 0 unspecified atom stereocenters. The molecule has 0 radical (unpaired) electrons. The molecule has 20 heavy (non-hydrogen) atoms. The van der Waals surface area contributed by atoms with Gasteiger partial charge in [0.05, 0.1) is 18.3 Å². The Balaban J connectivity index is 2.24. The Kier molecular flexibility index (Phi) is 3.08. The van der Waals surface area contributed by atoms with Crippen molar-refractivity contribution in [1.29, 1.82) is 0 Å². The van der Waals surface area contributed by atoms with Gasteiger partial charge in [-0.15, -0.1) is 0 Å². The van der Waals surface area contributed by atoms with Crippen LogP contribution in [-0.4, -0.2) is 33.7 Å². The van der Waals surface area contributed by atoms with E-state index in [1.54, 1.807) is 0 Å². The normalized spacial score (nSPS) is 21.8. The van der Waals surface area contributed by atoms with Crippen LogP contribution in [0, 0.1) is 0 Å². The van der Waals surface area contributed by atoms with Gasteiger partial charge in [0.2, 0.25) is 10.0 Å². The molecule has 2 aromatic rings. The zero-order valence-corrected chi connectivity index (χ0v) is 12.6. The van der Waals surface area contributed by atoms with Crippen molar-refractivity contribution in [2.75, 3.05) is 20.4 Å². The molecule has 3 rings (SSSR count). The summed E-state index contributed by atoms with van der Waals surface area (Å²) < 4.78 is 26.2. The summed E-state index contributed by atoms with van der Waals surface area (Å²) in [6.07, 6.45) is 1.21. The molecular weight excluding hydrogens is 272 g/mol. The Morgan fingerprint density at radius 2 is 1.65 bits per heavy atom. The Morgan fingerprint density at radius 3 is 2.20 bits per heavy atom. The Hall–Kier alpha value is -1.43. The van der Waals surface area contributed by atoms with Crippen molar-refractivity contribution in [3.05, 3.63) is 47.5 Å². The van der Waals surface area contributed by atoms with Crippen LogP contribution in [-0.2, 0) is 10.0 Å². The molecule has 0 amide bonds. The first-order valence-corrected chi connectivity index (χ1v) is 8.43. The van der Waals surface area contributed by atoms with Gasteiger partial charge < -0.3 is 4.90 Å². The van der Waals surface area contributed by atoms with Gasteiger partial charge in [-0.25, -0.2) is 13.1 Å². The van der Waals surface area contributed by atoms with Crippen molar-refractivity contribution in [2.45, 2.75) is 12.1 Å². The number of nitrogens with one attached hydrogen (secondary N) is 1. The fourth-order valence-corrected chi connectivity index (χ4v) is 3.91. The van der Waals surface area contributed by atoms with E-state index in [1.165, 1.54) is 17.2 Å². The van der Waals surface area contributed by atoms with Gasteiger partial charge in [-0.05, 0) is 36.0 Å². The predicted octanol–water partition coefficient (Wildman–Crippen LogP) is 2.05. The fraction of sp³-hybridized carbons (Fsp3) is 0.333. The highest BCUT2D eigenvalue weighted by Gasteiger charge is 2.37. The molecule has 0 saturated carbocycles. The van der Waals surface area contributed by atoms with E-state index in [2.05, 4.69) is 27.8 Å². The van der Waals surface area contributed by atoms with Crippen LogP contribution < -0.4 is 4.72 Å². The monoisotopic (exact) mass is 290 g/mol. The van der Waals surface area contributed by atoms with Gasteiger partial charge in [0.15, 0.2) is 0 Å². The van der Waals surface area contributed by atoms with Gasteiger partial charge in [0.25, 0.3) is 0 Å². The third kappa shape index (κ3) is 2.12. The number of likely N-dealkylation sites (N-methyl/N-ethyl adjacent to an activating group) is 1. The lowest BCUT2D eigenvalue weighted by molar-refractivity contribution is 0.258. The summed E-state index contributed by atoms with van der Waals surface area (Å²) in [5, 5.41) is 2.33. The topological polar surface area (TPSA) is 49.4 Å². The molecule has 2 atom stereocenters. The zero-order valence-electron chi connectivity index (χ0n) is 11.8. The molecular formula is C15H18N2O2S. The highest BCUT2D eigenvalue weighted by atomic mass is 32.2. The smallest absolute Gasteiger partial charge is 0.209 e. The quantitative estimate of drug-likeness (QED) is 0.941. The summed E-state index contributed by atoms with van der Waals surface area (Å²) in [5.74, 6) is 0. The van der Waals surface area contributed by atoms with E-state index in [-0.39, 0.29) is 12.1 Å². The van der Waals surface area contributed by atoms with E-state index in [4.69, 9.17) is 0 Å². The van der Waals surface area contributed by atoms with Gasteiger partial charge in [-0.1, -0.05) is 36.4 Å². The molecule has 0 spiro atoms.